The van der Waals surface area contributed by atoms with Crippen molar-refractivity contribution in [2.45, 2.75) is 37.6 Å². The number of ether oxygens (including phenoxy) is 1. The van der Waals surface area contributed by atoms with Crippen LogP contribution in [0.5, 0.6) is 5.75 Å². The van der Waals surface area contributed by atoms with Crippen molar-refractivity contribution in [3.63, 3.8) is 0 Å². The minimum absolute atomic E-state index is 0.451. The second kappa shape index (κ2) is 10.7. The van der Waals surface area contributed by atoms with Gasteiger partial charge in [0.05, 0.1) is 18.3 Å². The molecule has 2 N–H and O–H groups in total. The van der Waals surface area contributed by atoms with Crippen molar-refractivity contribution in [2.24, 2.45) is 0 Å². The second-order valence-electron chi connectivity index (χ2n) is 9.88. The molecule has 37 heavy (non-hydrogen) atoms. The zero-order chi connectivity index (χ0) is 25.0. The Morgan fingerprint density at radius 2 is 1.86 bits per heavy atom. The fourth-order valence-electron chi connectivity index (χ4n) is 5.07. The molecule has 1 saturated heterocycles. The average Bonchev–Trinajstić information content (AvgIpc) is 3.81. The second-order valence-corrected chi connectivity index (χ2v) is 9.88. The fourth-order valence-corrected chi connectivity index (χ4v) is 5.07. The molecule has 8 heteroatoms. The molecule has 1 aliphatic carbocycles. The molecule has 0 unspecified atom stereocenters. The monoisotopic (exact) mass is 495 g/mol. The molecule has 2 aliphatic rings. The smallest absolute Gasteiger partial charge is 0.162 e. The lowest BCUT2D eigenvalue weighted by Crippen LogP contribution is -2.41. The lowest BCUT2D eigenvalue weighted by atomic mass is 10.0. The normalized spacial score (nSPS) is 16.0. The summed E-state index contributed by atoms with van der Waals surface area (Å²) in [4.78, 5) is 21.6. The highest BCUT2D eigenvalue weighted by molar-refractivity contribution is 5.94. The van der Waals surface area contributed by atoms with Gasteiger partial charge < -0.3 is 20.3 Å². The molecular weight excluding hydrogens is 462 g/mol. The Balaban J connectivity index is 1.28. The molecule has 0 spiro atoms. The van der Waals surface area contributed by atoms with Crippen molar-refractivity contribution in [1.82, 2.24) is 25.3 Å². The number of nitrogens with zero attached hydrogens (tertiary/aromatic N) is 5. The maximum Gasteiger partial charge on any atom is 0.162 e. The predicted octanol–water partition coefficient (Wildman–Crippen LogP) is 4.64. The number of hydrogen-bond donors (Lipinski definition) is 2. The third kappa shape index (κ3) is 5.34. The third-order valence-corrected chi connectivity index (χ3v) is 7.26. The summed E-state index contributed by atoms with van der Waals surface area (Å²) in [5.74, 6) is 3.92. The van der Waals surface area contributed by atoms with Gasteiger partial charge in [-0.1, -0.05) is 18.2 Å². The highest BCUT2D eigenvalue weighted by Gasteiger charge is 2.30. The molecule has 6 rings (SSSR count). The molecule has 4 heterocycles. The maximum absolute atomic E-state index is 5.79. The van der Waals surface area contributed by atoms with Crippen LogP contribution >= 0.6 is 0 Å². The molecule has 190 valence electrons. The standard InChI is InChI=1S/C29H33N7O/c1-36(22-10-12-30-13-11-22)29-27-24(20-7-8-20)18-31-19-25(27)34-28(35-29)21-9-14-32-26(17-21)33-15-16-37-23-5-3-2-4-6-23/h2-6,9,14,17-20,22,30H,7-8,10-13,15-16H2,1H3,(H,32,33). The number of para-hydroxylation sites is 1. The van der Waals surface area contributed by atoms with Gasteiger partial charge in [-0.15, -0.1) is 0 Å². The van der Waals surface area contributed by atoms with E-state index < -0.39 is 0 Å². The molecule has 0 radical (unpaired) electrons. The quantitative estimate of drug-likeness (QED) is 0.325. The van der Waals surface area contributed by atoms with Crippen molar-refractivity contribution >= 4 is 22.5 Å². The SMILES string of the molecule is CN(c1nc(-c2ccnc(NCCOc3ccccc3)c2)nc2cncc(C3CC3)c12)C1CCNCC1. The first-order valence-corrected chi connectivity index (χ1v) is 13.2. The van der Waals surface area contributed by atoms with Crippen LogP contribution in [0.1, 0.15) is 37.2 Å². The predicted molar refractivity (Wildman–Crippen MR) is 147 cm³/mol. The number of fused-ring (bicyclic) bond motifs is 1. The Bertz CT molecular complexity index is 1350. The number of rotatable bonds is 9. The molecule has 0 atom stereocenters. The van der Waals surface area contributed by atoms with E-state index in [2.05, 4.69) is 32.5 Å². The van der Waals surface area contributed by atoms with E-state index in [0.717, 1.165) is 59.8 Å². The zero-order valence-electron chi connectivity index (χ0n) is 21.2. The molecular formula is C29H33N7O. The number of anilines is 2. The van der Waals surface area contributed by atoms with Crippen molar-refractivity contribution in [3.05, 3.63) is 66.6 Å². The molecule has 1 aliphatic heterocycles. The summed E-state index contributed by atoms with van der Waals surface area (Å²) in [7, 11) is 2.19. The summed E-state index contributed by atoms with van der Waals surface area (Å²) in [6.07, 6.45) is 10.4. The van der Waals surface area contributed by atoms with E-state index in [1.165, 1.54) is 18.4 Å². The van der Waals surface area contributed by atoms with Gasteiger partial charge >= 0.3 is 0 Å². The van der Waals surface area contributed by atoms with Crippen LogP contribution in [-0.2, 0) is 0 Å². The molecule has 4 aromatic rings. The van der Waals surface area contributed by atoms with Crippen LogP contribution in [0.15, 0.2) is 61.1 Å². The number of benzene rings is 1. The van der Waals surface area contributed by atoms with Crippen LogP contribution in [-0.4, -0.2) is 59.3 Å². The molecule has 0 amide bonds. The highest BCUT2D eigenvalue weighted by atomic mass is 16.5. The summed E-state index contributed by atoms with van der Waals surface area (Å²) in [6, 6.07) is 14.3. The van der Waals surface area contributed by atoms with Gasteiger partial charge in [0, 0.05) is 36.4 Å². The first-order chi connectivity index (χ1) is 18.3. The number of pyridine rings is 2. The van der Waals surface area contributed by atoms with Gasteiger partial charge in [0.2, 0.25) is 0 Å². The van der Waals surface area contributed by atoms with Gasteiger partial charge in [-0.25, -0.2) is 15.0 Å². The molecule has 3 aromatic heterocycles. The van der Waals surface area contributed by atoms with Crippen LogP contribution in [0.25, 0.3) is 22.3 Å². The lowest BCUT2D eigenvalue weighted by molar-refractivity contribution is 0.333. The lowest BCUT2D eigenvalue weighted by Gasteiger charge is -2.33. The van der Waals surface area contributed by atoms with Crippen LogP contribution < -0.4 is 20.3 Å². The summed E-state index contributed by atoms with van der Waals surface area (Å²) in [5, 5.41) is 8.00. The Hall–Kier alpha value is -3.78. The van der Waals surface area contributed by atoms with E-state index in [0.29, 0.717) is 30.9 Å². The van der Waals surface area contributed by atoms with Gasteiger partial charge in [-0.05, 0) is 74.5 Å². The summed E-state index contributed by atoms with van der Waals surface area (Å²) >= 11 is 0. The Morgan fingerprint density at radius 3 is 2.68 bits per heavy atom. The third-order valence-electron chi connectivity index (χ3n) is 7.26. The molecule has 2 fully saturated rings. The van der Waals surface area contributed by atoms with Gasteiger partial charge in [0.25, 0.3) is 0 Å². The minimum Gasteiger partial charge on any atom is -0.492 e. The Kier molecular flexibility index (Phi) is 6.82. The van der Waals surface area contributed by atoms with Gasteiger partial charge in [-0.2, -0.15) is 0 Å². The summed E-state index contributed by atoms with van der Waals surface area (Å²) in [5.41, 5.74) is 3.13. The van der Waals surface area contributed by atoms with Crippen LogP contribution in [0.4, 0.5) is 11.6 Å². The zero-order valence-corrected chi connectivity index (χ0v) is 21.2. The topological polar surface area (TPSA) is 88.1 Å². The van der Waals surface area contributed by atoms with Crippen LogP contribution in [0.3, 0.4) is 0 Å². The van der Waals surface area contributed by atoms with E-state index >= 15 is 0 Å². The Morgan fingerprint density at radius 1 is 1.03 bits per heavy atom. The van der Waals surface area contributed by atoms with Crippen LogP contribution in [0.2, 0.25) is 0 Å². The summed E-state index contributed by atoms with van der Waals surface area (Å²) < 4.78 is 5.79. The number of piperidine rings is 1. The van der Waals surface area contributed by atoms with Gasteiger partial charge in [-0.3, -0.25) is 4.98 Å². The summed E-state index contributed by atoms with van der Waals surface area (Å²) in [6.45, 7) is 3.26. The minimum atomic E-state index is 0.451. The van der Waals surface area contributed by atoms with Crippen molar-refractivity contribution in [1.29, 1.82) is 0 Å². The first kappa shape index (κ1) is 23.6. The maximum atomic E-state index is 5.79. The van der Waals surface area contributed by atoms with Crippen molar-refractivity contribution in [2.75, 3.05) is 43.5 Å². The van der Waals surface area contributed by atoms with Crippen LogP contribution in [0, 0.1) is 0 Å². The molecule has 1 aromatic carbocycles. The van der Waals surface area contributed by atoms with E-state index in [1.807, 2.05) is 54.9 Å². The fraction of sp³-hybridized carbons (Fsp3) is 0.379. The average molecular weight is 496 g/mol. The highest BCUT2D eigenvalue weighted by Crippen LogP contribution is 2.45. The largest absolute Gasteiger partial charge is 0.492 e. The molecule has 0 bridgehead atoms. The molecule has 8 nitrogen and oxygen atoms in total. The number of nitrogens with one attached hydrogen (secondary N) is 2. The van der Waals surface area contributed by atoms with Gasteiger partial charge in [0.15, 0.2) is 5.82 Å². The van der Waals surface area contributed by atoms with Crippen molar-refractivity contribution < 1.29 is 4.74 Å². The van der Waals surface area contributed by atoms with E-state index in [1.54, 1.807) is 6.20 Å². The Labute approximate surface area is 217 Å². The number of hydrogen-bond acceptors (Lipinski definition) is 8. The van der Waals surface area contributed by atoms with Crippen molar-refractivity contribution in [3.8, 4) is 17.1 Å². The number of aromatic nitrogens is 4. The van der Waals surface area contributed by atoms with E-state index in [-0.39, 0.29) is 0 Å². The van der Waals surface area contributed by atoms with E-state index in [9.17, 15) is 0 Å². The van der Waals surface area contributed by atoms with E-state index in [4.69, 9.17) is 14.7 Å². The van der Waals surface area contributed by atoms with Gasteiger partial charge in [0.1, 0.15) is 24.0 Å². The first-order valence-electron chi connectivity index (χ1n) is 13.2. The molecule has 1 saturated carbocycles.